The average molecular weight is 522 g/mol. The lowest BCUT2D eigenvalue weighted by Crippen LogP contribution is -2.35. The van der Waals surface area contributed by atoms with Crippen LogP contribution in [0.3, 0.4) is 0 Å². The van der Waals surface area contributed by atoms with Crippen molar-refractivity contribution in [2.24, 2.45) is 0 Å². The normalized spacial score (nSPS) is 11.5. The summed E-state index contributed by atoms with van der Waals surface area (Å²) in [5, 5.41) is 11.7. The maximum absolute atomic E-state index is 12.7. The highest BCUT2D eigenvalue weighted by Gasteiger charge is 2.23. The second kappa shape index (κ2) is 11.8. The molecular weight excluding hydrogens is 490 g/mol. The Balaban J connectivity index is 1.76. The van der Waals surface area contributed by atoms with Gasteiger partial charge in [0.05, 0.1) is 0 Å². The van der Waals surface area contributed by atoms with E-state index in [1.807, 2.05) is 72.8 Å². The Morgan fingerprint density at radius 1 is 0.846 bits per heavy atom. The SMILES string of the molecule is CC(C)(C)OC(=O)C=Cc1cc(-c2cccc3ccccc23)ccc1CN(Cc1ccccc1)C(=O)C(=O)O. The summed E-state index contributed by atoms with van der Waals surface area (Å²) in [6.07, 6.45) is 3.02. The fourth-order valence-electron chi connectivity index (χ4n) is 4.38. The van der Waals surface area contributed by atoms with Crippen LogP contribution in [0, 0.1) is 0 Å². The Bertz CT molecular complexity index is 1530. The van der Waals surface area contributed by atoms with Gasteiger partial charge in [-0.05, 0) is 71.5 Å². The van der Waals surface area contributed by atoms with Crippen molar-refractivity contribution in [2.75, 3.05) is 0 Å². The van der Waals surface area contributed by atoms with E-state index < -0.39 is 23.4 Å². The largest absolute Gasteiger partial charge is 0.474 e. The number of ether oxygens (including phenoxy) is 1. The Morgan fingerprint density at radius 3 is 2.26 bits per heavy atom. The predicted octanol–water partition coefficient (Wildman–Crippen LogP) is 6.48. The van der Waals surface area contributed by atoms with Gasteiger partial charge in [0.25, 0.3) is 0 Å². The van der Waals surface area contributed by atoms with E-state index in [2.05, 4.69) is 18.2 Å². The molecule has 0 aliphatic heterocycles. The second-order valence-electron chi connectivity index (χ2n) is 10.3. The van der Waals surface area contributed by atoms with Crippen molar-refractivity contribution < 1.29 is 24.2 Å². The van der Waals surface area contributed by atoms with Gasteiger partial charge in [-0.1, -0.05) is 84.9 Å². The third-order valence-electron chi connectivity index (χ3n) is 6.10. The standard InChI is InChI=1S/C33H31NO5/c1-33(2,3)39-30(35)19-18-25-20-26(29-15-9-13-24-12-7-8-14-28(24)29)16-17-27(25)22-34(31(36)32(37)38)21-23-10-5-4-6-11-23/h4-20H,21-22H2,1-3H3,(H,37,38). The van der Waals surface area contributed by atoms with Gasteiger partial charge in [0.15, 0.2) is 0 Å². The number of hydrogen-bond donors (Lipinski definition) is 1. The summed E-state index contributed by atoms with van der Waals surface area (Å²) in [7, 11) is 0. The van der Waals surface area contributed by atoms with Crippen molar-refractivity contribution in [2.45, 2.75) is 39.5 Å². The highest BCUT2D eigenvalue weighted by atomic mass is 16.6. The topological polar surface area (TPSA) is 83.9 Å². The molecule has 0 radical (unpaired) electrons. The minimum atomic E-state index is -1.52. The molecule has 0 aliphatic rings. The zero-order chi connectivity index (χ0) is 28.0. The van der Waals surface area contributed by atoms with Crippen LogP contribution < -0.4 is 0 Å². The Labute approximate surface area is 228 Å². The van der Waals surface area contributed by atoms with Crippen molar-refractivity contribution in [3.63, 3.8) is 0 Å². The van der Waals surface area contributed by atoms with Crippen LogP contribution in [0.4, 0.5) is 0 Å². The minimum Gasteiger partial charge on any atom is -0.474 e. The molecule has 4 aromatic rings. The fraction of sp³-hybridized carbons (Fsp3) is 0.182. The van der Waals surface area contributed by atoms with Crippen LogP contribution in [0.1, 0.15) is 37.5 Å². The lowest BCUT2D eigenvalue weighted by molar-refractivity contribution is -0.156. The number of amides is 1. The minimum absolute atomic E-state index is 0.0455. The average Bonchev–Trinajstić information content (AvgIpc) is 2.91. The molecule has 198 valence electrons. The molecule has 0 heterocycles. The summed E-state index contributed by atoms with van der Waals surface area (Å²) in [4.78, 5) is 38.1. The summed E-state index contributed by atoms with van der Waals surface area (Å²) in [5.41, 5.74) is 3.50. The molecule has 0 saturated heterocycles. The lowest BCUT2D eigenvalue weighted by Gasteiger charge is -2.22. The number of fused-ring (bicyclic) bond motifs is 1. The van der Waals surface area contributed by atoms with Crippen LogP contribution in [0.25, 0.3) is 28.0 Å². The fourth-order valence-corrected chi connectivity index (χ4v) is 4.38. The molecule has 6 nitrogen and oxygen atoms in total. The quantitative estimate of drug-likeness (QED) is 0.171. The molecule has 1 N–H and O–H groups in total. The van der Waals surface area contributed by atoms with Crippen LogP contribution in [0.15, 0.2) is 97.1 Å². The molecule has 39 heavy (non-hydrogen) atoms. The number of aliphatic carboxylic acids is 1. The first-order valence-electron chi connectivity index (χ1n) is 12.7. The lowest BCUT2D eigenvalue weighted by atomic mass is 9.94. The van der Waals surface area contributed by atoms with Crippen molar-refractivity contribution in [3.8, 4) is 11.1 Å². The number of benzene rings is 4. The summed E-state index contributed by atoms with van der Waals surface area (Å²) in [5.74, 6) is -3.02. The van der Waals surface area contributed by atoms with E-state index in [1.54, 1.807) is 26.8 Å². The molecule has 4 rings (SSSR count). The number of rotatable bonds is 7. The maximum atomic E-state index is 12.7. The van der Waals surface area contributed by atoms with Crippen LogP contribution in [-0.4, -0.2) is 33.5 Å². The number of hydrogen-bond acceptors (Lipinski definition) is 4. The number of carboxylic acid groups (broad SMARTS) is 1. The molecule has 6 heteroatoms. The first kappa shape index (κ1) is 27.3. The molecule has 0 atom stereocenters. The maximum Gasteiger partial charge on any atom is 0.394 e. The second-order valence-corrected chi connectivity index (χ2v) is 10.3. The van der Waals surface area contributed by atoms with Gasteiger partial charge < -0.3 is 14.7 Å². The molecule has 0 bridgehead atoms. The molecule has 4 aromatic carbocycles. The monoisotopic (exact) mass is 521 g/mol. The molecule has 0 aliphatic carbocycles. The number of carboxylic acids is 1. The van der Waals surface area contributed by atoms with Crippen molar-refractivity contribution >= 4 is 34.7 Å². The van der Waals surface area contributed by atoms with Gasteiger partial charge in [0, 0.05) is 19.2 Å². The summed E-state index contributed by atoms with van der Waals surface area (Å²) >= 11 is 0. The van der Waals surface area contributed by atoms with E-state index in [0.717, 1.165) is 27.5 Å². The van der Waals surface area contributed by atoms with E-state index >= 15 is 0 Å². The first-order valence-corrected chi connectivity index (χ1v) is 12.7. The Hall–Kier alpha value is -4.71. The molecule has 0 saturated carbocycles. The van der Waals surface area contributed by atoms with Gasteiger partial charge in [-0.3, -0.25) is 4.79 Å². The third-order valence-corrected chi connectivity index (χ3v) is 6.10. The van der Waals surface area contributed by atoms with Crippen LogP contribution in [0.2, 0.25) is 0 Å². The highest BCUT2D eigenvalue weighted by molar-refractivity contribution is 6.31. The summed E-state index contributed by atoms with van der Waals surface area (Å²) in [6.45, 7) is 5.56. The molecular formula is C33H31NO5. The van der Waals surface area contributed by atoms with Crippen molar-refractivity contribution in [1.82, 2.24) is 4.90 Å². The molecule has 0 unspecified atom stereocenters. The number of carbonyl (C=O) groups is 3. The Morgan fingerprint density at radius 2 is 1.54 bits per heavy atom. The van der Waals surface area contributed by atoms with Gasteiger partial charge >= 0.3 is 17.8 Å². The van der Waals surface area contributed by atoms with Gasteiger partial charge in [0.2, 0.25) is 0 Å². The molecule has 0 aromatic heterocycles. The van der Waals surface area contributed by atoms with Gasteiger partial charge in [-0.2, -0.15) is 0 Å². The number of nitrogens with zero attached hydrogens (tertiary/aromatic N) is 1. The summed E-state index contributed by atoms with van der Waals surface area (Å²) < 4.78 is 5.43. The van der Waals surface area contributed by atoms with Crippen molar-refractivity contribution in [3.05, 3.63) is 114 Å². The van der Waals surface area contributed by atoms with E-state index in [-0.39, 0.29) is 13.1 Å². The third kappa shape index (κ3) is 7.20. The zero-order valence-corrected chi connectivity index (χ0v) is 22.3. The number of esters is 1. The molecule has 0 fully saturated rings. The van der Waals surface area contributed by atoms with Gasteiger partial charge in [-0.15, -0.1) is 0 Å². The molecule has 0 spiro atoms. The smallest absolute Gasteiger partial charge is 0.394 e. The summed E-state index contributed by atoms with van der Waals surface area (Å²) in [6, 6.07) is 29.2. The zero-order valence-electron chi connectivity index (χ0n) is 22.3. The van der Waals surface area contributed by atoms with E-state index in [9.17, 15) is 19.5 Å². The first-order chi connectivity index (χ1) is 18.6. The van der Waals surface area contributed by atoms with Crippen molar-refractivity contribution in [1.29, 1.82) is 0 Å². The van der Waals surface area contributed by atoms with Crippen LogP contribution >= 0.6 is 0 Å². The van der Waals surface area contributed by atoms with E-state index in [4.69, 9.17) is 4.74 Å². The van der Waals surface area contributed by atoms with Gasteiger partial charge in [-0.25, -0.2) is 9.59 Å². The highest BCUT2D eigenvalue weighted by Crippen LogP contribution is 2.31. The molecule has 1 amide bonds. The van der Waals surface area contributed by atoms with Crippen LogP contribution in [0.5, 0.6) is 0 Å². The van der Waals surface area contributed by atoms with Gasteiger partial charge in [0.1, 0.15) is 5.60 Å². The Kier molecular flexibility index (Phi) is 8.25. The van der Waals surface area contributed by atoms with E-state index in [1.165, 1.54) is 11.0 Å². The van der Waals surface area contributed by atoms with Crippen LogP contribution in [-0.2, 0) is 32.2 Å². The predicted molar refractivity (Wildman–Crippen MR) is 153 cm³/mol. The van der Waals surface area contributed by atoms with E-state index in [0.29, 0.717) is 11.1 Å². The number of carbonyl (C=O) groups excluding carboxylic acids is 2.